The van der Waals surface area contributed by atoms with Crippen molar-refractivity contribution >= 4 is 0 Å². The molecule has 0 aliphatic carbocycles. The van der Waals surface area contributed by atoms with Crippen LogP contribution in [0.4, 0.5) is 0 Å². The summed E-state index contributed by atoms with van der Waals surface area (Å²) in [6.45, 7) is 6.87. The van der Waals surface area contributed by atoms with E-state index in [1.807, 2.05) is 6.92 Å². The average molecular weight is 413 g/mol. The van der Waals surface area contributed by atoms with Gasteiger partial charge in [0.05, 0.1) is 6.10 Å². The molecule has 0 heterocycles. The van der Waals surface area contributed by atoms with Crippen LogP contribution >= 0.6 is 0 Å². The van der Waals surface area contributed by atoms with Crippen LogP contribution in [0.1, 0.15) is 149 Å². The lowest BCUT2D eigenvalue weighted by Gasteiger charge is -2.16. The predicted molar refractivity (Wildman–Crippen MR) is 129 cm³/mol. The zero-order valence-corrected chi connectivity index (χ0v) is 20.5. The van der Waals surface area contributed by atoms with Gasteiger partial charge in [0.15, 0.2) is 0 Å². The van der Waals surface area contributed by atoms with Crippen LogP contribution in [0.15, 0.2) is 0 Å². The summed E-state index contributed by atoms with van der Waals surface area (Å²) in [6.07, 6.45) is 26.2. The van der Waals surface area contributed by atoms with Gasteiger partial charge in [-0.2, -0.15) is 0 Å². The maximum absolute atomic E-state index is 9.58. The fourth-order valence-corrected chi connectivity index (χ4v) is 4.66. The summed E-state index contributed by atoms with van der Waals surface area (Å²) in [4.78, 5) is 0. The van der Waals surface area contributed by atoms with Gasteiger partial charge >= 0.3 is 0 Å². The lowest BCUT2D eigenvalue weighted by Crippen LogP contribution is -2.06. The molecule has 29 heavy (non-hydrogen) atoms. The van der Waals surface area contributed by atoms with E-state index in [4.69, 9.17) is 0 Å². The second-order valence-corrected chi connectivity index (χ2v) is 9.74. The quantitative estimate of drug-likeness (QED) is 0.165. The minimum absolute atomic E-state index is 0.129. The van der Waals surface area contributed by atoms with E-state index in [2.05, 4.69) is 13.8 Å². The first-order valence-corrected chi connectivity index (χ1v) is 13.4. The lowest BCUT2D eigenvalue weighted by atomic mass is 9.90. The minimum atomic E-state index is -0.129. The van der Waals surface area contributed by atoms with E-state index in [9.17, 15) is 10.2 Å². The number of aliphatic hydroxyl groups is 2. The van der Waals surface area contributed by atoms with E-state index < -0.39 is 0 Å². The Morgan fingerprint density at radius 2 is 0.931 bits per heavy atom. The second kappa shape index (κ2) is 22.6. The number of hydrogen-bond acceptors (Lipinski definition) is 2. The average Bonchev–Trinajstić information content (AvgIpc) is 2.70. The summed E-state index contributed by atoms with van der Waals surface area (Å²) < 4.78 is 0. The molecule has 0 saturated carbocycles. The molecule has 0 amide bonds. The van der Waals surface area contributed by atoms with Crippen LogP contribution in [0.25, 0.3) is 0 Å². The molecule has 0 aliphatic heterocycles. The highest BCUT2D eigenvalue weighted by molar-refractivity contribution is 4.62. The zero-order valence-electron chi connectivity index (χ0n) is 20.5. The summed E-state index contributed by atoms with van der Waals surface area (Å²) in [6, 6.07) is 0. The van der Waals surface area contributed by atoms with Gasteiger partial charge in [0.25, 0.3) is 0 Å². The molecular formula is C27H56O2. The second-order valence-electron chi connectivity index (χ2n) is 9.74. The highest BCUT2D eigenvalue weighted by Crippen LogP contribution is 2.23. The third kappa shape index (κ3) is 21.0. The largest absolute Gasteiger partial charge is 0.396 e. The van der Waals surface area contributed by atoms with Gasteiger partial charge < -0.3 is 10.2 Å². The summed E-state index contributed by atoms with van der Waals surface area (Å²) in [5.41, 5.74) is 0. The smallest absolute Gasteiger partial charge is 0.0512 e. The van der Waals surface area contributed by atoms with E-state index in [1.165, 1.54) is 122 Å². The Bertz CT molecular complexity index is 303. The van der Waals surface area contributed by atoms with Crippen molar-refractivity contribution in [1.29, 1.82) is 0 Å². The highest BCUT2D eigenvalue weighted by atomic mass is 16.3. The summed E-state index contributed by atoms with van der Waals surface area (Å²) in [5.74, 6) is 1.44. The summed E-state index contributed by atoms with van der Waals surface area (Å²) in [5, 5.41) is 19.0. The molecule has 0 spiro atoms. The van der Waals surface area contributed by atoms with Gasteiger partial charge in [-0.3, -0.25) is 0 Å². The zero-order chi connectivity index (χ0) is 21.6. The van der Waals surface area contributed by atoms with E-state index in [0.717, 1.165) is 12.3 Å². The topological polar surface area (TPSA) is 40.5 Å². The molecule has 3 unspecified atom stereocenters. The van der Waals surface area contributed by atoms with Gasteiger partial charge in [-0.05, 0) is 38.0 Å². The number of hydrogen-bond donors (Lipinski definition) is 2. The van der Waals surface area contributed by atoms with Crippen LogP contribution in [0, 0.1) is 11.8 Å². The molecule has 0 aromatic heterocycles. The van der Waals surface area contributed by atoms with Crippen LogP contribution in [-0.4, -0.2) is 22.9 Å². The first-order valence-electron chi connectivity index (χ1n) is 13.4. The molecule has 2 N–H and O–H groups in total. The standard InChI is InChI=1S/C27H56O2/c1-4-6-7-11-15-21-27(24-28)22-16-13-10-8-9-12-14-20-26(18-5-2)23-17-19-25(3)29/h25-29H,4-24H2,1-3H3. The molecule has 176 valence electrons. The van der Waals surface area contributed by atoms with Gasteiger partial charge in [-0.25, -0.2) is 0 Å². The maximum Gasteiger partial charge on any atom is 0.0512 e. The van der Waals surface area contributed by atoms with Gasteiger partial charge in [-0.1, -0.05) is 123 Å². The highest BCUT2D eigenvalue weighted by Gasteiger charge is 2.09. The third-order valence-electron chi connectivity index (χ3n) is 6.63. The Hall–Kier alpha value is -0.0800. The van der Waals surface area contributed by atoms with Crippen molar-refractivity contribution in [1.82, 2.24) is 0 Å². The van der Waals surface area contributed by atoms with Crippen molar-refractivity contribution in [2.75, 3.05) is 6.61 Å². The molecule has 3 atom stereocenters. The molecule has 0 rings (SSSR count). The molecule has 0 saturated heterocycles. The molecular weight excluding hydrogens is 356 g/mol. The molecule has 0 aliphatic rings. The fourth-order valence-electron chi connectivity index (χ4n) is 4.66. The van der Waals surface area contributed by atoms with Crippen molar-refractivity contribution < 1.29 is 10.2 Å². The molecule has 2 nitrogen and oxygen atoms in total. The monoisotopic (exact) mass is 412 g/mol. The third-order valence-corrected chi connectivity index (χ3v) is 6.63. The molecule has 0 bridgehead atoms. The summed E-state index contributed by atoms with van der Waals surface area (Å²) >= 11 is 0. The number of aliphatic hydroxyl groups excluding tert-OH is 2. The van der Waals surface area contributed by atoms with Crippen molar-refractivity contribution in [3.8, 4) is 0 Å². The van der Waals surface area contributed by atoms with E-state index in [0.29, 0.717) is 12.5 Å². The Kier molecular flexibility index (Phi) is 22.5. The Morgan fingerprint density at radius 3 is 1.38 bits per heavy atom. The van der Waals surface area contributed by atoms with Gasteiger partial charge in [0.1, 0.15) is 0 Å². The maximum atomic E-state index is 9.58. The van der Waals surface area contributed by atoms with Gasteiger partial charge in [-0.15, -0.1) is 0 Å². The number of rotatable bonds is 23. The first kappa shape index (κ1) is 28.9. The van der Waals surface area contributed by atoms with Crippen LogP contribution in [-0.2, 0) is 0 Å². The lowest BCUT2D eigenvalue weighted by molar-refractivity contribution is 0.177. The SMILES string of the molecule is CCCCCCCC(CO)CCCCCCCCCC(CCC)CCCC(C)O. The molecule has 0 aromatic carbocycles. The van der Waals surface area contributed by atoms with Crippen molar-refractivity contribution in [3.63, 3.8) is 0 Å². The van der Waals surface area contributed by atoms with Crippen LogP contribution in [0.5, 0.6) is 0 Å². The normalized spacial score (nSPS) is 14.8. The molecule has 0 aromatic rings. The van der Waals surface area contributed by atoms with Crippen molar-refractivity contribution in [3.05, 3.63) is 0 Å². The Morgan fingerprint density at radius 1 is 0.483 bits per heavy atom. The van der Waals surface area contributed by atoms with Crippen molar-refractivity contribution in [2.45, 2.75) is 155 Å². The van der Waals surface area contributed by atoms with Gasteiger partial charge in [0, 0.05) is 6.61 Å². The van der Waals surface area contributed by atoms with Crippen molar-refractivity contribution in [2.24, 2.45) is 11.8 Å². The summed E-state index contributed by atoms with van der Waals surface area (Å²) in [7, 11) is 0. The van der Waals surface area contributed by atoms with E-state index >= 15 is 0 Å². The molecule has 0 radical (unpaired) electrons. The van der Waals surface area contributed by atoms with Crippen LogP contribution in [0.2, 0.25) is 0 Å². The minimum Gasteiger partial charge on any atom is -0.396 e. The van der Waals surface area contributed by atoms with Crippen LogP contribution in [0.3, 0.4) is 0 Å². The molecule has 2 heteroatoms. The molecule has 0 fully saturated rings. The first-order chi connectivity index (χ1) is 14.1. The fraction of sp³-hybridized carbons (Fsp3) is 1.00. The Labute approximate surface area is 184 Å². The van der Waals surface area contributed by atoms with Crippen LogP contribution < -0.4 is 0 Å². The van der Waals surface area contributed by atoms with Gasteiger partial charge in [0.2, 0.25) is 0 Å². The number of unbranched alkanes of at least 4 members (excludes halogenated alkanes) is 10. The Balaban J connectivity index is 3.53. The van der Waals surface area contributed by atoms with E-state index in [1.54, 1.807) is 0 Å². The predicted octanol–water partition coefficient (Wildman–Crippen LogP) is 8.43. The van der Waals surface area contributed by atoms with E-state index in [-0.39, 0.29) is 6.10 Å².